The van der Waals surface area contributed by atoms with Gasteiger partial charge in [-0.3, -0.25) is 9.78 Å². The first-order valence-corrected chi connectivity index (χ1v) is 9.65. The number of primary amides is 1. The molecule has 1 aromatic heterocycles. The van der Waals surface area contributed by atoms with Crippen LogP contribution in [-0.4, -0.2) is 23.0 Å². The Morgan fingerprint density at radius 3 is 2.70 bits per heavy atom. The summed E-state index contributed by atoms with van der Waals surface area (Å²) in [4.78, 5) is 29.2. The molecule has 1 aliphatic carbocycles. The third-order valence-electron chi connectivity index (χ3n) is 6.16. The fourth-order valence-electron chi connectivity index (χ4n) is 3.85. The maximum absolute atomic E-state index is 13.0. The molecule has 0 saturated heterocycles. The number of pyridine rings is 1. The van der Waals surface area contributed by atoms with Crippen molar-refractivity contribution < 1.29 is 14.3 Å². The van der Waals surface area contributed by atoms with Crippen LogP contribution in [0.2, 0.25) is 0 Å². The van der Waals surface area contributed by atoms with Crippen LogP contribution < -0.4 is 5.73 Å². The van der Waals surface area contributed by atoms with Gasteiger partial charge in [0.2, 0.25) is 0 Å². The summed E-state index contributed by atoms with van der Waals surface area (Å²) in [6.07, 6.45) is 2.81. The highest BCUT2D eigenvalue weighted by atomic mass is 16.5. The predicted molar refractivity (Wildman–Crippen MR) is 105 cm³/mol. The fourth-order valence-corrected chi connectivity index (χ4v) is 3.85. The summed E-state index contributed by atoms with van der Waals surface area (Å²) < 4.78 is 5.38. The van der Waals surface area contributed by atoms with Gasteiger partial charge in [-0.2, -0.15) is 0 Å². The molecule has 2 aromatic rings. The molecule has 5 nitrogen and oxygen atoms in total. The van der Waals surface area contributed by atoms with Crippen molar-refractivity contribution >= 4 is 22.8 Å². The Kier molecular flexibility index (Phi) is 5.22. The Morgan fingerprint density at radius 2 is 2.04 bits per heavy atom. The molecule has 27 heavy (non-hydrogen) atoms. The summed E-state index contributed by atoms with van der Waals surface area (Å²) >= 11 is 0. The zero-order chi connectivity index (χ0) is 19.8. The largest absolute Gasteiger partial charge is 0.449 e. The first kappa shape index (κ1) is 19.3. The molecule has 0 fully saturated rings. The molecule has 5 heteroatoms. The number of nitrogens with zero attached hydrogens (tertiary/aromatic N) is 1. The molecule has 1 aromatic carbocycles. The highest BCUT2D eigenvalue weighted by molar-refractivity contribution is 6.05. The van der Waals surface area contributed by atoms with E-state index in [1.54, 1.807) is 0 Å². The lowest BCUT2D eigenvalue weighted by Gasteiger charge is -2.37. The second kappa shape index (κ2) is 7.29. The average Bonchev–Trinajstić information content (AvgIpc) is 2.65. The highest BCUT2D eigenvalue weighted by Gasteiger charge is 2.35. The van der Waals surface area contributed by atoms with Crippen LogP contribution in [0.3, 0.4) is 0 Å². The van der Waals surface area contributed by atoms with E-state index in [4.69, 9.17) is 15.5 Å². The maximum Gasteiger partial charge on any atom is 0.339 e. The number of aryl methyl sites for hydroxylation is 1. The molecule has 0 saturated carbocycles. The molecule has 1 amide bonds. The van der Waals surface area contributed by atoms with E-state index in [1.165, 1.54) is 6.92 Å². The molecule has 1 heterocycles. The van der Waals surface area contributed by atoms with Gasteiger partial charge < -0.3 is 10.5 Å². The summed E-state index contributed by atoms with van der Waals surface area (Å²) in [7, 11) is 0. The summed E-state index contributed by atoms with van der Waals surface area (Å²) in [5, 5.41) is 0.771. The lowest BCUT2D eigenvalue weighted by atomic mass is 9.68. The number of esters is 1. The van der Waals surface area contributed by atoms with Crippen LogP contribution in [0, 0.1) is 11.3 Å². The van der Waals surface area contributed by atoms with Crippen molar-refractivity contribution in [1.82, 2.24) is 4.98 Å². The molecule has 2 atom stereocenters. The number of carbonyl (C=O) groups is 2. The van der Waals surface area contributed by atoms with E-state index >= 15 is 0 Å². The van der Waals surface area contributed by atoms with Crippen LogP contribution in [0.1, 0.15) is 62.2 Å². The number of para-hydroxylation sites is 1. The third-order valence-corrected chi connectivity index (χ3v) is 6.16. The van der Waals surface area contributed by atoms with Gasteiger partial charge in [0, 0.05) is 11.1 Å². The number of benzene rings is 1. The molecular formula is C22H28N2O3. The van der Waals surface area contributed by atoms with Crippen molar-refractivity contribution in [3.8, 4) is 0 Å². The minimum absolute atomic E-state index is 0.186. The molecule has 0 radical (unpaired) electrons. The smallest absolute Gasteiger partial charge is 0.339 e. The standard InChI is InChI=1S/C22H28N2O3/c1-5-22(3,4)14-10-11-18-16(12-14)19(21(26)27-13(2)20(23)25)15-8-6-7-9-17(15)24-18/h6-9,13-14H,5,10-12H2,1-4H3,(H2,23,25)/t13-,14-/m0/s1. The van der Waals surface area contributed by atoms with Gasteiger partial charge in [-0.15, -0.1) is 0 Å². The first-order valence-electron chi connectivity index (χ1n) is 9.65. The molecule has 0 spiro atoms. The topological polar surface area (TPSA) is 82.3 Å². The Bertz CT molecular complexity index is 889. The third kappa shape index (κ3) is 3.68. The monoisotopic (exact) mass is 368 g/mol. The number of fused-ring (bicyclic) bond motifs is 2. The zero-order valence-corrected chi connectivity index (χ0v) is 16.5. The molecule has 0 bridgehead atoms. The Labute approximate surface area is 160 Å². The quantitative estimate of drug-likeness (QED) is 0.814. The van der Waals surface area contributed by atoms with Gasteiger partial charge in [-0.05, 0) is 49.1 Å². The molecular weight excluding hydrogens is 340 g/mol. The van der Waals surface area contributed by atoms with Crippen LogP contribution >= 0.6 is 0 Å². The van der Waals surface area contributed by atoms with Crippen LogP contribution in [-0.2, 0) is 22.4 Å². The van der Waals surface area contributed by atoms with Gasteiger partial charge in [-0.25, -0.2) is 4.79 Å². The number of carbonyl (C=O) groups excluding carboxylic acids is 2. The minimum Gasteiger partial charge on any atom is -0.449 e. The molecule has 2 N–H and O–H groups in total. The number of hydrogen-bond donors (Lipinski definition) is 1. The molecule has 144 valence electrons. The van der Waals surface area contributed by atoms with Crippen molar-refractivity contribution in [1.29, 1.82) is 0 Å². The van der Waals surface area contributed by atoms with Gasteiger partial charge in [-0.1, -0.05) is 45.4 Å². The van der Waals surface area contributed by atoms with E-state index in [0.29, 0.717) is 11.5 Å². The lowest BCUT2D eigenvalue weighted by molar-refractivity contribution is -0.125. The van der Waals surface area contributed by atoms with Gasteiger partial charge >= 0.3 is 5.97 Å². The summed E-state index contributed by atoms with van der Waals surface area (Å²) in [6.45, 7) is 8.27. The average molecular weight is 368 g/mol. The van der Waals surface area contributed by atoms with E-state index in [9.17, 15) is 9.59 Å². The Balaban J connectivity index is 2.11. The molecule has 0 aliphatic heterocycles. The lowest BCUT2D eigenvalue weighted by Crippen LogP contribution is -2.33. The van der Waals surface area contributed by atoms with E-state index in [1.807, 2.05) is 24.3 Å². The van der Waals surface area contributed by atoms with Crippen LogP contribution in [0.5, 0.6) is 0 Å². The van der Waals surface area contributed by atoms with E-state index in [-0.39, 0.29) is 5.41 Å². The van der Waals surface area contributed by atoms with Crippen molar-refractivity contribution in [2.75, 3.05) is 0 Å². The van der Waals surface area contributed by atoms with Gasteiger partial charge in [0.25, 0.3) is 5.91 Å². The molecule has 1 aliphatic rings. The summed E-state index contributed by atoms with van der Waals surface area (Å²) in [5.74, 6) is -0.676. The van der Waals surface area contributed by atoms with Crippen molar-refractivity contribution in [3.63, 3.8) is 0 Å². The number of amides is 1. The Hall–Kier alpha value is -2.43. The molecule has 0 unspecified atom stereocenters. The van der Waals surface area contributed by atoms with Crippen molar-refractivity contribution in [3.05, 3.63) is 41.1 Å². The van der Waals surface area contributed by atoms with Gasteiger partial charge in [0.1, 0.15) is 0 Å². The number of ether oxygens (including phenoxy) is 1. The second-order valence-electron chi connectivity index (χ2n) is 8.16. The highest BCUT2D eigenvalue weighted by Crippen LogP contribution is 2.41. The fraction of sp³-hybridized carbons (Fsp3) is 0.500. The number of rotatable bonds is 5. The predicted octanol–water partition coefficient (Wildman–Crippen LogP) is 3.81. The summed E-state index contributed by atoms with van der Waals surface area (Å²) in [6, 6.07) is 7.60. The number of nitrogens with two attached hydrogens (primary N) is 1. The zero-order valence-electron chi connectivity index (χ0n) is 16.5. The molecule has 3 rings (SSSR count). The minimum atomic E-state index is -0.966. The first-order chi connectivity index (χ1) is 12.7. The van der Waals surface area contributed by atoms with E-state index in [0.717, 1.165) is 47.8 Å². The van der Waals surface area contributed by atoms with Crippen LogP contribution in [0.15, 0.2) is 24.3 Å². The summed E-state index contributed by atoms with van der Waals surface area (Å²) in [5.41, 5.74) is 8.72. The van der Waals surface area contributed by atoms with Gasteiger partial charge in [0.05, 0.1) is 11.1 Å². The van der Waals surface area contributed by atoms with E-state index < -0.39 is 18.0 Å². The number of aromatic nitrogens is 1. The maximum atomic E-state index is 13.0. The second-order valence-corrected chi connectivity index (χ2v) is 8.16. The van der Waals surface area contributed by atoms with Crippen LogP contribution in [0.4, 0.5) is 0 Å². The normalized spacial score (nSPS) is 18.0. The Morgan fingerprint density at radius 1 is 1.33 bits per heavy atom. The van der Waals surface area contributed by atoms with Crippen LogP contribution in [0.25, 0.3) is 10.9 Å². The van der Waals surface area contributed by atoms with Crippen molar-refractivity contribution in [2.24, 2.45) is 17.1 Å². The van der Waals surface area contributed by atoms with E-state index in [2.05, 4.69) is 20.8 Å². The SMILES string of the molecule is CCC(C)(C)[C@H]1CCc2nc3ccccc3c(C(=O)O[C@@H](C)C(N)=O)c2C1. The van der Waals surface area contributed by atoms with Gasteiger partial charge in [0.15, 0.2) is 6.10 Å². The number of hydrogen-bond acceptors (Lipinski definition) is 4. The van der Waals surface area contributed by atoms with Crippen molar-refractivity contribution in [2.45, 2.75) is 59.5 Å².